The van der Waals surface area contributed by atoms with Gasteiger partial charge in [-0.15, -0.1) is 17.5 Å². The van der Waals surface area contributed by atoms with E-state index in [4.69, 9.17) is 0 Å². The van der Waals surface area contributed by atoms with Crippen molar-refractivity contribution >= 4 is 30.0 Å². The number of hydrogen-bond donors (Lipinski definition) is 2. The molecule has 2 N–H and O–H groups in total. The van der Waals surface area contributed by atoms with Crippen LogP contribution < -0.4 is 9.80 Å². The van der Waals surface area contributed by atoms with Crippen molar-refractivity contribution in [3.8, 4) is 0 Å². The average molecular weight is 719 g/mol. The number of nitrogens with zero attached hydrogens (tertiary/aromatic N) is 6. The van der Waals surface area contributed by atoms with E-state index in [9.17, 15) is 41.4 Å². The highest BCUT2D eigenvalue weighted by atomic mass is 35.5. The van der Waals surface area contributed by atoms with Crippen LogP contribution in [-0.2, 0) is 49.6 Å². The summed E-state index contributed by atoms with van der Waals surface area (Å²) in [4.78, 5) is 16.4. The van der Waals surface area contributed by atoms with Crippen LogP contribution in [0.2, 0.25) is 0 Å². The second-order valence-corrected chi connectivity index (χ2v) is 12.7. The molecular weight excluding hydrogens is 678 g/mol. The number of aromatic nitrogens is 4. The van der Waals surface area contributed by atoms with Crippen LogP contribution in [0.25, 0.3) is 0 Å². The highest BCUT2D eigenvalue weighted by molar-refractivity contribution is 5.85. The van der Waals surface area contributed by atoms with Gasteiger partial charge in [-0.1, -0.05) is 11.2 Å². The number of alkyl halides is 6. The molecule has 0 radical (unpaired) electrons. The van der Waals surface area contributed by atoms with Gasteiger partial charge in [0.1, 0.15) is 0 Å². The molecule has 0 amide bonds. The van der Waals surface area contributed by atoms with Gasteiger partial charge in [0.05, 0.1) is 30.2 Å². The number of fused-ring (bicyclic) bond motifs is 1. The Morgan fingerprint density at radius 1 is 0.898 bits per heavy atom. The van der Waals surface area contributed by atoms with E-state index in [2.05, 4.69) is 32.4 Å². The molecule has 2 aliphatic carbocycles. The van der Waals surface area contributed by atoms with E-state index in [1.54, 1.807) is 0 Å². The first kappa shape index (κ1) is 38.2. The Bertz CT molecular complexity index is 1540. The van der Waals surface area contributed by atoms with Crippen molar-refractivity contribution in [3.63, 3.8) is 0 Å². The number of aliphatic hydroxyl groups excluding tert-OH is 1. The highest BCUT2D eigenvalue weighted by Crippen LogP contribution is 2.38. The van der Waals surface area contributed by atoms with Crippen LogP contribution in [0.5, 0.6) is 0 Å². The average Bonchev–Trinajstić information content (AvgIpc) is 3.51. The van der Waals surface area contributed by atoms with E-state index in [1.165, 1.54) is 10.5 Å². The van der Waals surface area contributed by atoms with Crippen molar-refractivity contribution in [2.75, 3.05) is 29.5 Å². The molecule has 5 rings (SSSR count). The number of benzene rings is 2. The van der Waals surface area contributed by atoms with E-state index < -0.39 is 29.4 Å². The first-order valence-electron chi connectivity index (χ1n) is 16.3. The third kappa shape index (κ3) is 9.56. The number of carboxylic acids is 1. The lowest BCUT2D eigenvalue weighted by Gasteiger charge is -2.35. The van der Waals surface area contributed by atoms with Gasteiger partial charge in [-0.05, 0) is 116 Å². The molecule has 0 atom stereocenters. The van der Waals surface area contributed by atoms with Gasteiger partial charge >= 0.3 is 18.3 Å². The van der Waals surface area contributed by atoms with Crippen LogP contribution >= 0.6 is 12.4 Å². The second-order valence-electron chi connectivity index (χ2n) is 12.7. The lowest BCUT2D eigenvalue weighted by Crippen LogP contribution is -2.34. The zero-order valence-corrected chi connectivity index (χ0v) is 27.9. The fourth-order valence-corrected chi connectivity index (χ4v) is 6.83. The first-order chi connectivity index (χ1) is 22.7. The Balaban J connectivity index is 0.00000541. The molecule has 1 aromatic heterocycles. The van der Waals surface area contributed by atoms with Crippen LogP contribution in [0.15, 0.2) is 30.3 Å². The minimum absolute atomic E-state index is 0. The number of halogens is 7. The molecule has 0 unspecified atom stereocenters. The summed E-state index contributed by atoms with van der Waals surface area (Å²) < 4.78 is 82.5. The molecule has 3 aromatic rings. The van der Waals surface area contributed by atoms with Gasteiger partial charge < -0.3 is 20.0 Å². The second kappa shape index (κ2) is 16.0. The third-order valence-corrected chi connectivity index (χ3v) is 9.35. The minimum Gasteiger partial charge on any atom is -0.481 e. The molecule has 2 aromatic carbocycles. The minimum atomic E-state index is -5.00. The summed E-state index contributed by atoms with van der Waals surface area (Å²) in [6.45, 7) is 2.73. The van der Waals surface area contributed by atoms with Crippen molar-refractivity contribution in [2.24, 2.45) is 11.8 Å². The number of aryl methyl sites for hydroxylation is 2. The summed E-state index contributed by atoms with van der Waals surface area (Å²) in [5, 5.41) is 31.1. The van der Waals surface area contributed by atoms with E-state index in [0.29, 0.717) is 38.1 Å². The summed E-state index contributed by atoms with van der Waals surface area (Å²) in [5.41, 5.74) is 1.04. The number of rotatable bonds is 12. The Hall–Kier alpha value is -3.59. The van der Waals surface area contributed by atoms with E-state index in [1.807, 2.05) is 6.92 Å². The van der Waals surface area contributed by atoms with Crippen LogP contribution in [0, 0.1) is 11.8 Å². The molecule has 0 bridgehead atoms. The van der Waals surface area contributed by atoms with Gasteiger partial charge in [0.2, 0.25) is 0 Å². The summed E-state index contributed by atoms with van der Waals surface area (Å²) >= 11 is 0. The lowest BCUT2D eigenvalue weighted by molar-refractivity contribution is -0.144. The number of tetrazole rings is 1. The number of aliphatic hydroxyl groups is 1. The topological polar surface area (TPSA) is 108 Å². The fourth-order valence-electron chi connectivity index (χ4n) is 6.83. The lowest BCUT2D eigenvalue weighted by atomic mass is 9.81. The normalized spacial score (nSPS) is 18.0. The molecule has 0 aliphatic heterocycles. The van der Waals surface area contributed by atoms with E-state index >= 15 is 0 Å². The predicted octanol–water partition coefficient (Wildman–Crippen LogP) is 6.93. The van der Waals surface area contributed by atoms with Gasteiger partial charge in [0.25, 0.3) is 5.95 Å². The molecule has 0 spiro atoms. The smallest absolute Gasteiger partial charge is 0.416 e. The summed E-state index contributed by atoms with van der Waals surface area (Å²) in [6.07, 6.45) is -3.46. The van der Waals surface area contributed by atoms with Crippen molar-refractivity contribution in [1.82, 2.24) is 20.2 Å². The molecular formula is C33H41ClF6N6O3. The summed E-state index contributed by atoms with van der Waals surface area (Å²) in [7, 11) is 0. The molecule has 1 saturated carbocycles. The Morgan fingerprint density at radius 3 is 2.06 bits per heavy atom. The number of hydrogen-bond acceptors (Lipinski definition) is 7. The predicted molar refractivity (Wildman–Crippen MR) is 173 cm³/mol. The molecule has 270 valence electrons. The number of carbonyl (C=O) groups is 1. The number of aliphatic carboxylic acids is 1. The van der Waals surface area contributed by atoms with Crippen LogP contribution in [0.1, 0.15) is 78.8 Å². The van der Waals surface area contributed by atoms with Crippen LogP contribution in [0.3, 0.4) is 0 Å². The van der Waals surface area contributed by atoms with Gasteiger partial charge in [-0.25, -0.2) is 0 Å². The summed E-state index contributed by atoms with van der Waals surface area (Å²) in [5.74, 6) is -0.852. The van der Waals surface area contributed by atoms with Gasteiger partial charge in [0.15, 0.2) is 0 Å². The number of carboxylic acid groups (broad SMARTS) is 1. The van der Waals surface area contributed by atoms with Crippen molar-refractivity contribution in [2.45, 2.75) is 90.3 Å². The summed E-state index contributed by atoms with van der Waals surface area (Å²) in [6, 6.07) is 5.75. The van der Waals surface area contributed by atoms with Crippen molar-refractivity contribution in [3.05, 3.63) is 63.7 Å². The number of anilines is 2. The zero-order chi connectivity index (χ0) is 34.6. The van der Waals surface area contributed by atoms with E-state index in [-0.39, 0.29) is 68.1 Å². The monoisotopic (exact) mass is 718 g/mol. The standard InChI is InChI=1S/C33H40F6N6O3.ClH/c1-2-43(18-21-7-9-23(10-8-21)30(47)48)29-16-25-6-4-3-5-24(25)15-26(29)20-44(31-40-42-45(41-31)11-12-46)19-22-13-27(32(34,35)36)17-28(14-22)33(37,38)39;/h13-17,21,23,46H,2-12,18-20H2,1H3,(H,47,48);1H. The largest absolute Gasteiger partial charge is 0.481 e. The molecule has 1 heterocycles. The van der Waals surface area contributed by atoms with E-state index in [0.717, 1.165) is 60.1 Å². The molecule has 9 nitrogen and oxygen atoms in total. The quantitative estimate of drug-likeness (QED) is 0.194. The van der Waals surface area contributed by atoms with Gasteiger partial charge in [-0.2, -0.15) is 31.1 Å². The van der Waals surface area contributed by atoms with Crippen molar-refractivity contribution < 1.29 is 41.4 Å². The van der Waals surface area contributed by atoms with Crippen LogP contribution in [-0.4, -0.2) is 56.1 Å². The van der Waals surface area contributed by atoms with Gasteiger partial charge in [-0.3, -0.25) is 4.79 Å². The van der Waals surface area contributed by atoms with Crippen molar-refractivity contribution in [1.29, 1.82) is 0 Å². The highest BCUT2D eigenvalue weighted by Gasteiger charge is 2.37. The Labute approximate surface area is 286 Å². The first-order valence-corrected chi connectivity index (χ1v) is 16.3. The SMILES string of the molecule is CCN(CC1CCC(C(=O)O)CC1)c1cc2c(cc1CN(Cc1cc(C(F)(F)F)cc(C(F)(F)F)c1)c1nnn(CCO)n1)CCCC2.Cl. The zero-order valence-electron chi connectivity index (χ0n) is 27.1. The Morgan fingerprint density at radius 2 is 1.51 bits per heavy atom. The maximum Gasteiger partial charge on any atom is 0.416 e. The Kier molecular flexibility index (Phi) is 12.4. The molecule has 2 aliphatic rings. The molecule has 0 saturated heterocycles. The molecule has 1 fully saturated rings. The maximum absolute atomic E-state index is 13.7. The molecule has 49 heavy (non-hydrogen) atoms. The van der Waals surface area contributed by atoms with Crippen LogP contribution in [0.4, 0.5) is 38.0 Å². The fraction of sp³-hybridized carbons (Fsp3) is 0.576. The third-order valence-electron chi connectivity index (χ3n) is 9.35. The molecule has 16 heteroatoms. The van der Waals surface area contributed by atoms with Gasteiger partial charge in [0, 0.05) is 31.9 Å². The maximum atomic E-state index is 13.7.